The smallest absolute Gasteiger partial charge is 0.232 e. The zero-order valence-electron chi connectivity index (χ0n) is 15.6. The van der Waals surface area contributed by atoms with Crippen LogP contribution in [-0.2, 0) is 4.79 Å². The van der Waals surface area contributed by atoms with E-state index in [4.69, 9.17) is 0 Å². The second-order valence-corrected chi connectivity index (χ2v) is 8.21. The molecular weight excluding hydrogens is 394 g/mol. The molecule has 1 aliphatic heterocycles. The average Bonchev–Trinajstić information content (AvgIpc) is 3.34. The molecule has 146 valence electrons. The van der Waals surface area contributed by atoms with Gasteiger partial charge in [0.25, 0.3) is 0 Å². The molecule has 1 amide bonds. The molecule has 2 atom stereocenters. The predicted octanol–water partition coefficient (Wildman–Crippen LogP) is 5.00. The first-order valence-corrected chi connectivity index (χ1v) is 9.99. The van der Waals surface area contributed by atoms with Gasteiger partial charge in [0.2, 0.25) is 5.91 Å². The summed E-state index contributed by atoms with van der Waals surface area (Å²) in [5.41, 5.74) is 2.91. The molecule has 5 nitrogen and oxygen atoms in total. The number of amides is 1. The molecule has 0 radical (unpaired) electrons. The Labute approximate surface area is 169 Å². The van der Waals surface area contributed by atoms with E-state index in [2.05, 4.69) is 15.0 Å². The summed E-state index contributed by atoms with van der Waals surface area (Å²) in [6.07, 6.45) is 1.56. The summed E-state index contributed by atoms with van der Waals surface area (Å²) in [4.78, 5) is 25.5. The highest BCUT2D eigenvalue weighted by Crippen LogP contribution is 2.45. The Bertz CT molecular complexity index is 1240. The molecule has 1 saturated heterocycles. The summed E-state index contributed by atoms with van der Waals surface area (Å²) < 4.78 is 30.1. The van der Waals surface area contributed by atoms with Crippen LogP contribution < -0.4 is 4.90 Å². The Morgan fingerprint density at radius 2 is 1.93 bits per heavy atom. The highest BCUT2D eigenvalue weighted by Gasteiger charge is 2.48. The number of anilines is 1. The molecule has 1 aliphatic rings. The zero-order valence-corrected chi connectivity index (χ0v) is 16.4. The van der Waals surface area contributed by atoms with Gasteiger partial charge < -0.3 is 9.88 Å². The summed E-state index contributed by atoms with van der Waals surface area (Å²) in [5.74, 6) is -2.05. The fourth-order valence-corrected chi connectivity index (χ4v) is 4.51. The number of β-lactam (4-membered cyclic amide) rings is 1. The molecule has 29 heavy (non-hydrogen) atoms. The van der Waals surface area contributed by atoms with Crippen molar-refractivity contribution in [2.75, 3.05) is 4.90 Å². The number of thiazole rings is 1. The van der Waals surface area contributed by atoms with Crippen LogP contribution in [0.3, 0.4) is 0 Å². The first-order chi connectivity index (χ1) is 13.9. The molecule has 0 saturated carbocycles. The van der Waals surface area contributed by atoms with E-state index in [0.29, 0.717) is 16.9 Å². The molecule has 0 aliphatic carbocycles. The quantitative estimate of drug-likeness (QED) is 0.484. The minimum absolute atomic E-state index is 0.0995. The van der Waals surface area contributed by atoms with Crippen molar-refractivity contribution in [2.24, 2.45) is 5.92 Å². The SMILES string of the molecule is Cc1nc(-c2cc(F)c(C3C(C)C(=O)N3c3ccc4nc[nH]c4c3)c(F)c2)cs1. The van der Waals surface area contributed by atoms with E-state index < -0.39 is 23.6 Å². The second kappa shape index (κ2) is 6.45. The number of aromatic nitrogens is 3. The van der Waals surface area contributed by atoms with Crippen LogP contribution in [0.1, 0.15) is 23.5 Å². The van der Waals surface area contributed by atoms with E-state index in [-0.39, 0.29) is 11.5 Å². The average molecular weight is 410 g/mol. The number of benzene rings is 2. The lowest BCUT2D eigenvalue weighted by atomic mass is 9.82. The van der Waals surface area contributed by atoms with Gasteiger partial charge in [0.05, 0.1) is 40.0 Å². The highest BCUT2D eigenvalue weighted by molar-refractivity contribution is 7.09. The van der Waals surface area contributed by atoms with Crippen molar-refractivity contribution in [3.8, 4) is 11.3 Å². The third-order valence-electron chi connectivity index (χ3n) is 5.35. The number of carbonyl (C=O) groups excluding carboxylic acids is 1. The maximum Gasteiger partial charge on any atom is 0.232 e. The van der Waals surface area contributed by atoms with E-state index in [1.54, 1.807) is 36.8 Å². The molecule has 1 N–H and O–H groups in total. The van der Waals surface area contributed by atoms with E-state index in [9.17, 15) is 4.79 Å². The minimum atomic E-state index is -0.714. The van der Waals surface area contributed by atoms with Crippen LogP contribution in [0, 0.1) is 24.5 Å². The molecule has 2 unspecified atom stereocenters. The van der Waals surface area contributed by atoms with Gasteiger partial charge in [-0.05, 0) is 37.3 Å². The Morgan fingerprint density at radius 1 is 1.17 bits per heavy atom. The van der Waals surface area contributed by atoms with Crippen molar-refractivity contribution < 1.29 is 13.6 Å². The molecule has 0 spiro atoms. The van der Waals surface area contributed by atoms with Gasteiger partial charge in [0, 0.05) is 22.2 Å². The van der Waals surface area contributed by atoms with Crippen LogP contribution in [-0.4, -0.2) is 20.9 Å². The molecular formula is C21H16F2N4OS. The number of fused-ring (bicyclic) bond motifs is 1. The van der Waals surface area contributed by atoms with Gasteiger partial charge in [-0.2, -0.15) is 0 Å². The van der Waals surface area contributed by atoms with Gasteiger partial charge in [-0.25, -0.2) is 18.7 Å². The Morgan fingerprint density at radius 3 is 2.62 bits per heavy atom. The Kier molecular flexibility index (Phi) is 3.99. The number of imidazole rings is 1. The van der Waals surface area contributed by atoms with E-state index in [1.807, 2.05) is 6.92 Å². The van der Waals surface area contributed by atoms with Crippen molar-refractivity contribution >= 4 is 34.0 Å². The monoisotopic (exact) mass is 410 g/mol. The molecule has 5 rings (SSSR count). The third kappa shape index (κ3) is 2.74. The lowest BCUT2D eigenvalue weighted by Gasteiger charge is -2.46. The van der Waals surface area contributed by atoms with Crippen LogP contribution >= 0.6 is 11.3 Å². The number of nitrogens with one attached hydrogen (secondary N) is 1. The summed E-state index contributed by atoms with van der Waals surface area (Å²) in [7, 11) is 0. The van der Waals surface area contributed by atoms with Crippen molar-refractivity contribution in [2.45, 2.75) is 19.9 Å². The lowest BCUT2D eigenvalue weighted by Crippen LogP contribution is -2.54. The number of hydrogen-bond donors (Lipinski definition) is 1. The number of aryl methyl sites for hydroxylation is 1. The minimum Gasteiger partial charge on any atom is -0.345 e. The number of aromatic amines is 1. The number of hydrogen-bond acceptors (Lipinski definition) is 4. The number of carbonyl (C=O) groups is 1. The van der Waals surface area contributed by atoms with E-state index in [0.717, 1.165) is 16.0 Å². The largest absolute Gasteiger partial charge is 0.345 e. The molecule has 1 fully saturated rings. The number of rotatable bonds is 3. The summed E-state index contributed by atoms with van der Waals surface area (Å²) in [5, 5.41) is 2.59. The van der Waals surface area contributed by atoms with Crippen LogP contribution in [0.2, 0.25) is 0 Å². The van der Waals surface area contributed by atoms with Crippen LogP contribution in [0.5, 0.6) is 0 Å². The third-order valence-corrected chi connectivity index (χ3v) is 6.12. The van der Waals surface area contributed by atoms with Crippen LogP contribution in [0.4, 0.5) is 14.5 Å². The maximum absolute atomic E-state index is 15.0. The normalized spacial score (nSPS) is 19.0. The van der Waals surface area contributed by atoms with Crippen molar-refractivity contribution in [3.63, 3.8) is 0 Å². The second-order valence-electron chi connectivity index (χ2n) is 7.15. The van der Waals surface area contributed by atoms with Gasteiger partial charge in [0.1, 0.15) is 11.6 Å². The summed E-state index contributed by atoms with van der Waals surface area (Å²) in [6, 6.07) is 7.14. The number of nitrogens with zero attached hydrogens (tertiary/aromatic N) is 3. The molecule has 2 aromatic carbocycles. The first kappa shape index (κ1) is 17.9. The number of H-pyrrole nitrogens is 1. The van der Waals surface area contributed by atoms with E-state index >= 15 is 8.78 Å². The molecule has 0 bridgehead atoms. The molecule has 3 heterocycles. The zero-order chi connectivity index (χ0) is 20.3. The van der Waals surface area contributed by atoms with Crippen molar-refractivity contribution in [1.82, 2.24) is 15.0 Å². The van der Waals surface area contributed by atoms with Gasteiger partial charge in [-0.15, -0.1) is 11.3 Å². The van der Waals surface area contributed by atoms with Crippen molar-refractivity contribution in [3.05, 3.63) is 64.2 Å². The summed E-state index contributed by atoms with van der Waals surface area (Å²) in [6.45, 7) is 3.53. The Balaban J connectivity index is 1.57. The fraction of sp³-hybridized carbons (Fsp3) is 0.190. The van der Waals surface area contributed by atoms with Gasteiger partial charge in [0.15, 0.2) is 0 Å². The van der Waals surface area contributed by atoms with Gasteiger partial charge in [-0.1, -0.05) is 6.92 Å². The molecule has 4 aromatic rings. The predicted molar refractivity (Wildman–Crippen MR) is 108 cm³/mol. The van der Waals surface area contributed by atoms with Crippen molar-refractivity contribution in [1.29, 1.82) is 0 Å². The number of halogens is 2. The maximum atomic E-state index is 15.0. The standard InChI is InChI=1S/C21H16F2N4OS/c1-10-20(27(21(10)28)13-3-4-16-17(7-13)25-9-24-16)19-14(22)5-12(6-15(19)23)18-8-29-11(2)26-18/h3-10,20H,1-2H3,(H,24,25). The fourth-order valence-electron chi connectivity index (χ4n) is 3.88. The summed E-state index contributed by atoms with van der Waals surface area (Å²) >= 11 is 1.42. The van der Waals surface area contributed by atoms with Crippen LogP contribution in [0.25, 0.3) is 22.3 Å². The molecule has 8 heteroatoms. The van der Waals surface area contributed by atoms with Crippen LogP contribution in [0.15, 0.2) is 42.0 Å². The molecule has 2 aromatic heterocycles. The van der Waals surface area contributed by atoms with E-state index in [1.165, 1.54) is 28.4 Å². The van der Waals surface area contributed by atoms with Gasteiger partial charge in [-0.3, -0.25) is 4.79 Å². The Hall–Kier alpha value is -3.13. The van der Waals surface area contributed by atoms with Gasteiger partial charge >= 0.3 is 0 Å². The lowest BCUT2D eigenvalue weighted by molar-refractivity contribution is -0.129. The highest BCUT2D eigenvalue weighted by atomic mass is 32.1. The first-order valence-electron chi connectivity index (χ1n) is 9.11. The topological polar surface area (TPSA) is 61.9 Å².